The largest absolute Gasteiger partial charge is 0.416 e. The van der Waals surface area contributed by atoms with Crippen molar-refractivity contribution in [2.75, 3.05) is 5.32 Å². The van der Waals surface area contributed by atoms with Gasteiger partial charge in [0.15, 0.2) is 0 Å². The monoisotopic (exact) mass is 431 g/mol. The van der Waals surface area contributed by atoms with Crippen LogP contribution in [0.1, 0.15) is 49.1 Å². The van der Waals surface area contributed by atoms with E-state index in [2.05, 4.69) is 5.32 Å². The van der Waals surface area contributed by atoms with Gasteiger partial charge in [-0.2, -0.15) is 31.6 Å². The van der Waals surface area contributed by atoms with Gasteiger partial charge in [-0.1, -0.05) is 0 Å². The van der Waals surface area contributed by atoms with E-state index in [-0.39, 0.29) is 24.1 Å². The Bertz CT molecular complexity index is 878. The summed E-state index contributed by atoms with van der Waals surface area (Å²) < 4.78 is 79.0. The Hall–Kier alpha value is -2.44. The Labute approximate surface area is 168 Å². The van der Waals surface area contributed by atoms with E-state index in [1.165, 1.54) is 11.0 Å². The van der Waals surface area contributed by atoms with Gasteiger partial charge in [0.25, 0.3) is 0 Å². The van der Waals surface area contributed by atoms with Crippen LogP contribution < -0.4 is 5.32 Å². The highest BCUT2D eigenvalue weighted by Crippen LogP contribution is 2.49. The quantitative estimate of drug-likeness (QED) is 0.614. The molecule has 10 heteroatoms. The van der Waals surface area contributed by atoms with Crippen LogP contribution in [0.2, 0.25) is 0 Å². The van der Waals surface area contributed by atoms with Crippen LogP contribution in [0.3, 0.4) is 0 Å². The maximum Gasteiger partial charge on any atom is 0.416 e. The van der Waals surface area contributed by atoms with E-state index in [1.54, 1.807) is 0 Å². The second-order valence-electron chi connectivity index (χ2n) is 8.31. The van der Waals surface area contributed by atoms with Crippen LogP contribution >= 0.6 is 0 Å². The fourth-order valence-electron chi connectivity index (χ4n) is 4.89. The normalized spacial score (nSPS) is 30.7. The van der Waals surface area contributed by atoms with E-state index in [0.29, 0.717) is 19.3 Å². The standard InChI is InChI=1S/C20H19F6N3O/c21-19(22,23)11-5-13-8-14(6-11)29(13)18(30)28-12-2-4-17(20(24,25)26)16(7-12)15-3-1-10(15)9-27/h2,4,7,10-11,13-15H,1,3,5-6,8H2,(H,28,30)/t10-,11?,13+,14?,15+/m0/s1. The number of fused-ring (bicyclic) bond motifs is 2. The number of urea groups is 1. The molecule has 1 aromatic rings. The summed E-state index contributed by atoms with van der Waals surface area (Å²) in [5.41, 5.74) is -0.720. The van der Waals surface area contributed by atoms with Crippen molar-refractivity contribution in [3.63, 3.8) is 0 Å². The molecule has 162 valence electrons. The van der Waals surface area contributed by atoms with Crippen molar-refractivity contribution in [1.82, 2.24) is 4.90 Å². The van der Waals surface area contributed by atoms with E-state index < -0.39 is 53.8 Å². The maximum atomic E-state index is 13.4. The zero-order chi connectivity index (χ0) is 21.8. The second kappa shape index (κ2) is 7.06. The molecular weight excluding hydrogens is 412 g/mol. The molecule has 2 heterocycles. The highest BCUT2D eigenvalue weighted by atomic mass is 19.4. The smallest absolute Gasteiger partial charge is 0.318 e. The number of nitrogens with one attached hydrogen (secondary N) is 1. The number of anilines is 1. The van der Waals surface area contributed by atoms with Gasteiger partial charge in [-0.3, -0.25) is 0 Å². The second-order valence-corrected chi connectivity index (χ2v) is 8.31. The molecule has 1 aromatic carbocycles. The first kappa shape index (κ1) is 20.8. The first-order chi connectivity index (χ1) is 14.0. The summed E-state index contributed by atoms with van der Waals surface area (Å²) in [5.74, 6) is -2.49. The number of alkyl halides is 6. The number of rotatable bonds is 2. The lowest BCUT2D eigenvalue weighted by Crippen LogP contribution is -2.65. The number of amides is 2. The number of halogens is 6. The molecule has 2 unspecified atom stereocenters. The molecule has 0 aromatic heterocycles. The molecule has 1 aliphatic carbocycles. The van der Waals surface area contributed by atoms with E-state index >= 15 is 0 Å². The Kier molecular flexibility index (Phi) is 4.90. The molecule has 2 aliphatic heterocycles. The minimum absolute atomic E-state index is 0.0287. The van der Waals surface area contributed by atoms with E-state index in [1.807, 2.05) is 6.07 Å². The fraction of sp³-hybridized carbons (Fsp3) is 0.600. The SMILES string of the molecule is N#C[C@@H]1CC[C@H]1c1cc(NC(=O)N2C3CC(C(F)(F)F)C[C@@H]2C3)ccc1C(F)(F)F. The molecule has 3 fully saturated rings. The third-order valence-corrected chi connectivity index (χ3v) is 6.59. The Balaban J connectivity index is 1.50. The number of nitriles is 1. The minimum atomic E-state index is -4.59. The molecule has 0 spiro atoms. The van der Waals surface area contributed by atoms with Crippen molar-refractivity contribution in [2.24, 2.45) is 11.8 Å². The van der Waals surface area contributed by atoms with Crippen LogP contribution in [-0.4, -0.2) is 29.2 Å². The zero-order valence-corrected chi connectivity index (χ0v) is 15.7. The number of benzene rings is 1. The van der Waals surface area contributed by atoms with Gasteiger partial charge in [0, 0.05) is 23.7 Å². The number of carbonyl (C=O) groups excluding carboxylic acids is 1. The average molecular weight is 431 g/mol. The van der Waals surface area contributed by atoms with Crippen molar-refractivity contribution in [2.45, 2.75) is 62.5 Å². The van der Waals surface area contributed by atoms with E-state index in [9.17, 15) is 31.1 Å². The number of carbonyl (C=O) groups is 1. The first-order valence-corrected chi connectivity index (χ1v) is 9.76. The molecule has 2 amide bonds. The van der Waals surface area contributed by atoms with E-state index in [0.717, 1.165) is 12.1 Å². The lowest BCUT2D eigenvalue weighted by atomic mass is 9.69. The molecule has 4 rings (SSSR count). The molecule has 0 radical (unpaired) electrons. The van der Waals surface area contributed by atoms with Crippen LogP contribution in [0.25, 0.3) is 0 Å². The van der Waals surface area contributed by atoms with Crippen LogP contribution in [0, 0.1) is 23.2 Å². The molecular formula is C20H19F6N3O. The van der Waals surface area contributed by atoms with Crippen molar-refractivity contribution >= 4 is 11.7 Å². The molecule has 2 saturated heterocycles. The summed E-state index contributed by atoms with van der Waals surface area (Å²) in [7, 11) is 0. The third-order valence-electron chi connectivity index (χ3n) is 6.59. The molecule has 1 saturated carbocycles. The lowest BCUT2D eigenvalue weighted by molar-refractivity contribution is -0.205. The highest BCUT2D eigenvalue weighted by molar-refractivity contribution is 5.90. The summed E-state index contributed by atoms with van der Waals surface area (Å²) in [5, 5.41) is 11.7. The van der Waals surface area contributed by atoms with Gasteiger partial charge in [-0.05, 0) is 55.9 Å². The van der Waals surface area contributed by atoms with Gasteiger partial charge in [0.05, 0.1) is 23.5 Å². The number of hydrogen-bond donors (Lipinski definition) is 1. The molecule has 2 bridgehead atoms. The average Bonchev–Trinajstić information content (AvgIpc) is 2.59. The highest BCUT2D eigenvalue weighted by Gasteiger charge is 2.54. The van der Waals surface area contributed by atoms with Gasteiger partial charge in [0.1, 0.15) is 0 Å². The van der Waals surface area contributed by atoms with Crippen molar-refractivity contribution < 1.29 is 31.1 Å². The zero-order valence-electron chi connectivity index (χ0n) is 15.7. The van der Waals surface area contributed by atoms with Gasteiger partial charge < -0.3 is 10.2 Å². The molecule has 30 heavy (non-hydrogen) atoms. The van der Waals surface area contributed by atoms with Crippen molar-refractivity contribution in [3.05, 3.63) is 29.3 Å². The minimum Gasteiger partial charge on any atom is -0.318 e. The van der Waals surface area contributed by atoms with Gasteiger partial charge in [-0.15, -0.1) is 0 Å². The Morgan fingerprint density at radius 2 is 1.73 bits per heavy atom. The maximum absolute atomic E-state index is 13.4. The van der Waals surface area contributed by atoms with Crippen LogP contribution in [0.4, 0.5) is 36.8 Å². The number of piperidine rings is 1. The van der Waals surface area contributed by atoms with Gasteiger partial charge >= 0.3 is 18.4 Å². The summed E-state index contributed by atoms with van der Waals surface area (Å²) in [6.07, 6.45) is -7.71. The van der Waals surface area contributed by atoms with Crippen molar-refractivity contribution in [1.29, 1.82) is 5.26 Å². The summed E-state index contributed by atoms with van der Waals surface area (Å²) >= 11 is 0. The summed E-state index contributed by atoms with van der Waals surface area (Å²) in [6, 6.07) is 3.64. The Morgan fingerprint density at radius 1 is 1.07 bits per heavy atom. The Morgan fingerprint density at radius 3 is 2.23 bits per heavy atom. The molecule has 1 N–H and O–H groups in total. The topological polar surface area (TPSA) is 56.1 Å². The van der Waals surface area contributed by atoms with Crippen LogP contribution in [0.5, 0.6) is 0 Å². The first-order valence-electron chi connectivity index (χ1n) is 9.76. The van der Waals surface area contributed by atoms with Crippen LogP contribution in [0.15, 0.2) is 18.2 Å². The lowest BCUT2D eigenvalue weighted by Gasteiger charge is -2.55. The van der Waals surface area contributed by atoms with Crippen LogP contribution in [-0.2, 0) is 6.18 Å². The summed E-state index contributed by atoms with van der Waals surface area (Å²) in [4.78, 5) is 14.0. The predicted molar refractivity (Wildman–Crippen MR) is 94.4 cm³/mol. The fourth-order valence-corrected chi connectivity index (χ4v) is 4.89. The summed E-state index contributed by atoms with van der Waals surface area (Å²) in [6.45, 7) is 0. The third kappa shape index (κ3) is 3.59. The number of hydrogen-bond acceptors (Lipinski definition) is 2. The van der Waals surface area contributed by atoms with Gasteiger partial charge in [0.2, 0.25) is 0 Å². The number of nitrogens with zero attached hydrogens (tertiary/aromatic N) is 2. The molecule has 3 aliphatic rings. The van der Waals surface area contributed by atoms with Crippen molar-refractivity contribution in [3.8, 4) is 6.07 Å². The van der Waals surface area contributed by atoms with E-state index in [4.69, 9.17) is 5.26 Å². The predicted octanol–water partition coefficient (Wildman–Crippen LogP) is 5.67. The van der Waals surface area contributed by atoms with Gasteiger partial charge in [-0.25, -0.2) is 4.79 Å². The molecule has 4 nitrogen and oxygen atoms in total. The molecule has 5 atom stereocenters.